The Bertz CT molecular complexity index is 424. The van der Waals surface area contributed by atoms with Crippen LogP contribution in [0.2, 0.25) is 25.7 Å². The van der Waals surface area contributed by atoms with Crippen LogP contribution in [-0.2, 0) is 16.2 Å². The zero-order chi connectivity index (χ0) is 14.5. The molecule has 0 amide bonds. The molecule has 0 atom stereocenters. The average molecular weight is 285 g/mol. The number of carbonyl (C=O) groups excluding carboxylic acids is 1. The third kappa shape index (κ3) is 5.57. The molecule has 0 fully saturated rings. The van der Waals surface area contributed by atoms with E-state index in [4.69, 9.17) is 9.47 Å². The standard InChI is InChI=1S/C13H25N2O3Si/c1-6-18-13(16)12-14-11(2)9-15(12)10-17-7-8-19(3,4)5/h9,19H,6-8,10H2,1-5H3/q-1. The van der Waals surface area contributed by atoms with E-state index in [2.05, 4.69) is 24.6 Å². The summed E-state index contributed by atoms with van der Waals surface area (Å²) in [4.78, 5) is 15.9. The summed E-state index contributed by atoms with van der Waals surface area (Å²) in [6.07, 6.45) is 1.81. The van der Waals surface area contributed by atoms with Crippen LogP contribution in [0.4, 0.5) is 0 Å². The normalized spacial score (nSPS) is 12.5. The number of imidazole rings is 1. The predicted molar refractivity (Wildman–Crippen MR) is 78.4 cm³/mol. The number of aryl methyl sites for hydroxylation is 1. The van der Waals surface area contributed by atoms with E-state index in [0.717, 1.165) is 18.3 Å². The molecule has 1 aromatic heterocycles. The van der Waals surface area contributed by atoms with E-state index in [1.165, 1.54) is 0 Å². The molecule has 0 saturated heterocycles. The number of nitrogens with zero attached hydrogens (tertiary/aromatic N) is 2. The van der Waals surface area contributed by atoms with Crippen molar-refractivity contribution in [2.45, 2.75) is 46.3 Å². The Morgan fingerprint density at radius 3 is 2.68 bits per heavy atom. The van der Waals surface area contributed by atoms with Crippen molar-refractivity contribution in [3.05, 3.63) is 17.7 Å². The number of hydrogen-bond donors (Lipinski definition) is 0. The maximum atomic E-state index is 11.7. The van der Waals surface area contributed by atoms with Crippen molar-refractivity contribution in [2.24, 2.45) is 0 Å². The topological polar surface area (TPSA) is 53.3 Å². The van der Waals surface area contributed by atoms with Gasteiger partial charge in [-0.3, -0.25) is 0 Å². The second-order valence-electron chi connectivity index (χ2n) is 6.18. The van der Waals surface area contributed by atoms with E-state index in [0.29, 0.717) is 19.2 Å². The molecule has 0 aromatic carbocycles. The minimum absolute atomic E-state index is 0.315. The summed E-state index contributed by atoms with van der Waals surface area (Å²) >= 11 is 0. The van der Waals surface area contributed by atoms with Gasteiger partial charge in [-0.2, -0.15) is 0 Å². The minimum atomic E-state index is -1.34. The first-order valence-corrected chi connectivity index (χ1v) is 11.2. The molecule has 110 valence electrons. The Hall–Kier alpha value is -1.14. The molecule has 1 heterocycles. The summed E-state index contributed by atoms with van der Waals surface area (Å²) in [6.45, 7) is 12.1. The molecule has 0 saturated carbocycles. The van der Waals surface area contributed by atoms with E-state index in [1.54, 1.807) is 11.5 Å². The van der Waals surface area contributed by atoms with Gasteiger partial charge in [0, 0.05) is 0 Å². The molecule has 19 heavy (non-hydrogen) atoms. The quantitative estimate of drug-likeness (QED) is 0.438. The van der Waals surface area contributed by atoms with Crippen molar-refractivity contribution in [3.8, 4) is 0 Å². The zero-order valence-electron chi connectivity index (χ0n) is 12.6. The third-order valence-electron chi connectivity index (χ3n) is 2.71. The van der Waals surface area contributed by atoms with Crippen LogP contribution in [0.1, 0.15) is 23.2 Å². The number of esters is 1. The number of hydrogen-bond acceptors (Lipinski definition) is 4. The Morgan fingerprint density at radius 1 is 1.42 bits per heavy atom. The zero-order valence-corrected chi connectivity index (χ0v) is 13.8. The van der Waals surface area contributed by atoms with Crippen LogP contribution in [0.5, 0.6) is 0 Å². The molecular formula is C13H25N2O3Si-. The van der Waals surface area contributed by atoms with Gasteiger partial charge in [0.2, 0.25) is 0 Å². The van der Waals surface area contributed by atoms with E-state index in [1.807, 2.05) is 13.1 Å². The van der Waals surface area contributed by atoms with Crippen LogP contribution in [0, 0.1) is 6.92 Å². The molecule has 0 unspecified atom stereocenters. The second-order valence-corrected chi connectivity index (χ2v) is 12.7. The van der Waals surface area contributed by atoms with Gasteiger partial charge < -0.3 is 0 Å². The van der Waals surface area contributed by atoms with Crippen molar-refractivity contribution in [1.82, 2.24) is 9.55 Å². The fraction of sp³-hybridized carbons (Fsp3) is 0.692. The monoisotopic (exact) mass is 285 g/mol. The van der Waals surface area contributed by atoms with Gasteiger partial charge in [-0.15, -0.1) is 0 Å². The van der Waals surface area contributed by atoms with Gasteiger partial charge in [0.1, 0.15) is 0 Å². The van der Waals surface area contributed by atoms with Gasteiger partial charge in [-0.05, 0) is 0 Å². The van der Waals surface area contributed by atoms with Crippen molar-refractivity contribution < 1.29 is 14.3 Å². The summed E-state index contributed by atoms with van der Waals surface area (Å²) in [6, 6.07) is 1.13. The van der Waals surface area contributed by atoms with Gasteiger partial charge in [-0.1, -0.05) is 0 Å². The summed E-state index contributed by atoms with van der Waals surface area (Å²) < 4.78 is 12.3. The van der Waals surface area contributed by atoms with E-state index in [9.17, 15) is 4.79 Å². The molecule has 0 spiro atoms. The molecule has 0 N–H and O–H groups in total. The van der Waals surface area contributed by atoms with Gasteiger partial charge >= 0.3 is 115 Å². The SMILES string of the molecule is CCOC(=O)c1nc(C)cn1COCC[SiH-](C)(C)C. The van der Waals surface area contributed by atoms with Gasteiger partial charge in [0.15, 0.2) is 0 Å². The Balaban J connectivity index is 2.56. The molecule has 0 aliphatic carbocycles. The summed E-state index contributed by atoms with van der Waals surface area (Å²) in [5.74, 6) is -0.0823. The molecular weight excluding hydrogens is 260 g/mol. The van der Waals surface area contributed by atoms with Gasteiger partial charge in [0.05, 0.1) is 0 Å². The molecule has 5 nitrogen and oxygen atoms in total. The molecule has 0 radical (unpaired) electrons. The summed E-state index contributed by atoms with van der Waals surface area (Å²) in [7, 11) is -1.34. The first kappa shape index (κ1) is 15.9. The van der Waals surface area contributed by atoms with Crippen molar-refractivity contribution in [1.29, 1.82) is 0 Å². The van der Waals surface area contributed by atoms with Crippen LogP contribution in [0.25, 0.3) is 0 Å². The van der Waals surface area contributed by atoms with Gasteiger partial charge in [0.25, 0.3) is 0 Å². The third-order valence-corrected chi connectivity index (χ3v) is 4.68. The number of carbonyl (C=O) groups is 1. The maximum absolute atomic E-state index is 11.7. The molecule has 0 aliphatic rings. The van der Waals surface area contributed by atoms with Crippen LogP contribution >= 0.6 is 0 Å². The summed E-state index contributed by atoms with van der Waals surface area (Å²) in [5.41, 5.74) is 0.790. The first-order valence-electron chi connectivity index (χ1n) is 6.91. The van der Waals surface area contributed by atoms with Crippen molar-refractivity contribution in [3.63, 3.8) is 0 Å². The number of aromatic nitrogens is 2. The second kappa shape index (κ2) is 6.86. The Labute approximate surface area is 115 Å². The van der Waals surface area contributed by atoms with Crippen LogP contribution < -0.4 is 0 Å². The van der Waals surface area contributed by atoms with Gasteiger partial charge in [-0.25, -0.2) is 0 Å². The van der Waals surface area contributed by atoms with Crippen LogP contribution in [0.15, 0.2) is 6.20 Å². The Morgan fingerprint density at radius 2 is 2.11 bits per heavy atom. The molecule has 1 rings (SSSR count). The van der Waals surface area contributed by atoms with Crippen molar-refractivity contribution >= 4 is 14.0 Å². The van der Waals surface area contributed by atoms with E-state index in [-0.39, 0.29) is 0 Å². The first-order chi connectivity index (χ1) is 8.83. The predicted octanol–water partition coefficient (Wildman–Crippen LogP) is 2.41. The van der Waals surface area contributed by atoms with E-state index < -0.39 is 14.0 Å². The fourth-order valence-electron chi connectivity index (χ4n) is 1.60. The molecule has 1 aromatic rings. The molecule has 0 aliphatic heterocycles. The number of ether oxygens (including phenoxy) is 2. The van der Waals surface area contributed by atoms with E-state index >= 15 is 0 Å². The molecule has 0 bridgehead atoms. The average Bonchev–Trinajstić information content (AvgIpc) is 2.65. The van der Waals surface area contributed by atoms with Crippen LogP contribution in [0.3, 0.4) is 0 Å². The Kier molecular flexibility index (Phi) is 5.75. The summed E-state index contributed by atoms with van der Waals surface area (Å²) in [5, 5.41) is 0. The number of rotatable bonds is 7. The fourth-order valence-corrected chi connectivity index (χ4v) is 2.48. The van der Waals surface area contributed by atoms with Crippen molar-refractivity contribution in [2.75, 3.05) is 13.2 Å². The van der Waals surface area contributed by atoms with Crippen LogP contribution in [-0.4, -0.2) is 36.8 Å². The molecule has 6 heteroatoms.